The van der Waals surface area contributed by atoms with E-state index < -0.39 is 48.6 Å². The van der Waals surface area contributed by atoms with Crippen molar-refractivity contribution in [1.82, 2.24) is 0 Å². The first-order chi connectivity index (χ1) is 29.5. The number of halogens is 3. The van der Waals surface area contributed by atoms with E-state index in [4.69, 9.17) is 10.2 Å². The Hall–Kier alpha value is -6.97. The van der Waals surface area contributed by atoms with Crippen LogP contribution in [0, 0.1) is 0 Å². The van der Waals surface area contributed by atoms with E-state index in [1.54, 1.807) is 84.9 Å². The molecule has 0 saturated carbocycles. The fourth-order valence-electron chi connectivity index (χ4n) is 6.53. The van der Waals surface area contributed by atoms with E-state index in [0.717, 1.165) is 40.3 Å². The molecule has 0 fully saturated rings. The van der Waals surface area contributed by atoms with E-state index in [9.17, 15) is 39.6 Å². The van der Waals surface area contributed by atoms with Gasteiger partial charge in [0.2, 0.25) is 0 Å². The Balaban J connectivity index is 0.000000207. The smallest absolute Gasteiger partial charge is 0.416 e. The van der Waals surface area contributed by atoms with Crippen molar-refractivity contribution in [2.75, 3.05) is 9.44 Å². The summed E-state index contributed by atoms with van der Waals surface area (Å²) in [5, 5.41) is 19.5. The van der Waals surface area contributed by atoms with Gasteiger partial charge in [-0.05, 0) is 114 Å². The molecule has 4 N–H and O–H groups in total. The minimum absolute atomic E-state index is 0.165. The normalized spacial score (nSPS) is 11.6. The predicted octanol–water partition coefficient (Wildman–Crippen LogP) is 10.1. The number of carboxylic acid groups (broad SMARTS) is 2. The Bertz CT molecular complexity index is 2940. The number of sulfonamides is 2. The minimum atomic E-state index is -4.65. The molecule has 0 aromatic heterocycles. The molecule has 7 aromatic rings. The van der Waals surface area contributed by atoms with E-state index in [1.165, 1.54) is 18.2 Å². The number of hydrogen-bond donors (Lipinski definition) is 4. The number of benzene rings is 7. The number of anilines is 2. The number of aryl methyl sites for hydroxylation is 4. The Morgan fingerprint density at radius 2 is 0.952 bits per heavy atom. The second kappa shape index (κ2) is 19.2. The molecule has 7 aromatic carbocycles. The van der Waals surface area contributed by atoms with Gasteiger partial charge in [-0.2, -0.15) is 13.2 Å². The number of carboxylic acids is 2. The molecule has 0 aliphatic carbocycles. The summed E-state index contributed by atoms with van der Waals surface area (Å²) in [6, 6.07) is 43.1. The van der Waals surface area contributed by atoms with Crippen LogP contribution >= 0.6 is 0 Å². The Morgan fingerprint density at radius 1 is 0.500 bits per heavy atom. The molecule has 0 amide bonds. The Morgan fingerprint density at radius 3 is 1.47 bits per heavy atom. The number of nitrogens with one attached hydrogen (secondary N) is 2. The van der Waals surface area contributed by atoms with Gasteiger partial charge in [-0.1, -0.05) is 103 Å². The number of para-hydroxylation sites is 2. The summed E-state index contributed by atoms with van der Waals surface area (Å²) < 4.78 is 95.6. The van der Waals surface area contributed by atoms with Crippen LogP contribution in [0.25, 0.3) is 10.8 Å². The second-order valence-electron chi connectivity index (χ2n) is 14.0. The molecule has 0 atom stereocenters. The van der Waals surface area contributed by atoms with Crippen LogP contribution in [0.4, 0.5) is 24.5 Å². The Labute approximate surface area is 356 Å². The van der Waals surface area contributed by atoms with E-state index >= 15 is 0 Å². The van der Waals surface area contributed by atoms with Gasteiger partial charge in [0.05, 0.1) is 37.9 Å². The lowest BCUT2D eigenvalue weighted by Crippen LogP contribution is -2.15. The zero-order chi connectivity index (χ0) is 44.5. The van der Waals surface area contributed by atoms with Crippen LogP contribution in [-0.2, 0) is 51.9 Å². The third-order valence-corrected chi connectivity index (χ3v) is 12.6. The van der Waals surface area contributed by atoms with Crippen LogP contribution in [0.2, 0.25) is 0 Å². The van der Waals surface area contributed by atoms with Gasteiger partial charge in [-0.15, -0.1) is 0 Å². The molecule has 318 valence electrons. The lowest BCUT2D eigenvalue weighted by atomic mass is 10.0. The molecule has 0 radical (unpaired) electrons. The third kappa shape index (κ3) is 11.4. The van der Waals surface area contributed by atoms with Crippen molar-refractivity contribution in [3.8, 4) is 0 Å². The zero-order valence-electron chi connectivity index (χ0n) is 32.7. The van der Waals surface area contributed by atoms with Gasteiger partial charge in [0.15, 0.2) is 0 Å². The molecular formula is C47H39F3N2O8S2. The van der Waals surface area contributed by atoms with E-state index in [-0.39, 0.29) is 21.7 Å². The van der Waals surface area contributed by atoms with Crippen molar-refractivity contribution in [2.24, 2.45) is 0 Å². The summed E-state index contributed by atoms with van der Waals surface area (Å²) in [5.41, 5.74) is 3.53. The van der Waals surface area contributed by atoms with E-state index in [1.807, 2.05) is 36.4 Å². The second-order valence-corrected chi connectivity index (χ2v) is 17.4. The van der Waals surface area contributed by atoms with Gasteiger partial charge in [0.25, 0.3) is 20.0 Å². The Kier molecular flexibility index (Phi) is 13.8. The van der Waals surface area contributed by atoms with Crippen molar-refractivity contribution < 1.29 is 49.8 Å². The van der Waals surface area contributed by atoms with E-state index in [2.05, 4.69) is 9.44 Å². The SMILES string of the molecule is O=C(O)c1ccc(CCc2ccccc2NS(=O)(=O)c2cccc(C(F)(F)F)c2)cc1.O=C(O)c1ccc(CCc2ccccc2NS(=O)(=O)c2cccc3ccccc23)cc1. The molecule has 62 heavy (non-hydrogen) atoms. The summed E-state index contributed by atoms with van der Waals surface area (Å²) in [6.07, 6.45) is -2.43. The highest BCUT2D eigenvalue weighted by molar-refractivity contribution is 7.93. The molecule has 0 heterocycles. The van der Waals surface area contributed by atoms with Crippen molar-refractivity contribution in [1.29, 1.82) is 0 Å². The van der Waals surface area contributed by atoms with Crippen molar-refractivity contribution in [3.05, 3.63) is 203 Å². The first-order valence-corrected chi connectivity index (χ1v) is 22.0. The highest BCUT2D eigenvalue weighted by atomic mass is 32.2. The van der Waals surface area contributed by atoms with Gasteiger partial charge in [-0.3, -0.25) is 9.44 Å². The molecule has 0 aliphatic heterocycles. The highest BCUT2D eigenvalue weighted by Crippen LogP contribution is 2.32. The maximum Gasteiger partial charge on any atom is 0.416 e. The minimum Gasteiger partial charge on any atom is -0.478 e. The van der Waals surface area contributed by atoms with Crippen LogP contribution < -0.4 is 9.44 Å². The molecule has 0 bridgehead atoms. The first-order valence-electron chi connectivity index (χ1n) is 19.0. The van der Waals surface area contributed by atoms with Crippen LogP contribution in [0.15, 0.2) is 174 Å². The van der Waals surface area contributed by atoms with Crippen molar-refractivity contribution >= 4 is 54.1 Å². The number of rotatable bonds is 14. The summed E-state index contributed by atoms with van der Waals surface area (Å²) in [4.78, 5) is 21.7. The van der Waals surface area contributed by atoms with Gasteiger partial charge >= 0.3 is 18.1 Å². The van der Waals surface area contributed by atoms with Crippen LogP contribution in [0.1, 0.15) is 48.5 Å². The van der Waals surface area contributed by atoms with Gasteiger partial charge in [-0.25, -0.2) is 26.4 Å². The average Bonchev–Trinajstić information content (AvgIpc) is 3.25. The number of alkyl halides is 3. The maximum atomic E-state index is 13.2. The monoisotopic (exact) mass is 880 g/mol. The van der Waals surface area contributed by atoms with Crippen molar-refractivity contribution in [2.45, 2.75) is 41.7 Å². The summed E-state index contributed by atoms with van der Waals surface area (Å²) >= 11 is 0. The molecule has 0 saturated heterocycles. The molecule has 0 spiro atoms. The lowest BCUT2D eigenvalue weighted by Gasteiger charge is -2.14. The zero-order valence-corrected chi connectivity index (χ0v) is 34.3. The van der Waals surface area contributed by atoms with Crippen LogP contribution in [0.3, 0.4) is 0 Å². The molecule has 0 aliphatic rings. The molecule has 10 nitrogen and oxygen atoms in total. The average molecular weight is 881 g/mol. The number of carbonyl (C=O) groups is 2. The summed E-state index contributed by atoms with van der Waals surface area (Å²) in [5.74, 6) is -1.99. The van der Waals surface area contributed by atoms with Gasteiger partial charge in [0, 0.05) is 5.39 Å². The van der Waals surface area contributed by atoms with E-state index in [0.29, 0.717) is 48.4 Å². The summed E-state index contributed by atoms with van der Waals surface area (Å²) in [7, 11) is -8.01. The molecule has 15 heteroatoms. The van der Waals surface area contributed by atoms with Crippen molar-refractivity contribution in [3.63, 3.8) is 0 Å². The highest BCUT2D eigenvalue weighted by Gasteiger charge is 2.32. The van der Waals surface area contributed by atoms with Gasteiger partial charge in [0.1, 0.15) is 0 Å². The first kappa shape index (κ1) is 44.6. The quantitative estimate of drug-likeness (QED) is 0.0838. The molecule has 7 rings (SSSR count). The number of aromatic carboxylic acids is 2. The largest absolute Gasteiger partial charge is 0.478 e. The standard InChI is InChI=1S/C25H21NO4S.C22H18F3NO4S/c27-25(28)21-16-13-18(14-17-21)12-15-20-7-2-4-10-23(20)26-31(29,30)24-11-5-8-19-6-1-3-9-22(19)24;23-22(24,25)18-5-3-6-19(14-18)31(29,30)26-20-7-2-1-4-16(20)11-8-15-9-12-17(13-10-15)21(27)28/h1-11,13-14,16-17,26H,12,15H2,(H,27,28);1-7,9-10,12-14,26H,8,11H2,(H,27,28). The van der Waals surface area contributed by atoms with Crippen LogP contribution in [0.5, 0.6) is 0 Å². The topological polar surface area (TPSA) is 167 Å². The predicted molar refractivity (Wildman–Crippen MR) is 232 cm³/mol. The summed E-state index contributed by atoms with van der Waals surface area (Å²) in [6.45, 7) is 0. The fraction of sp³-hybridized carbons (Fsp3) is 0.106. The number of hydrogen-bond acceptors (Lipinski definition) is 6. The maximum absolute atomic E-state index is 13.2. The lowest BCUT2D eigenvalue weighted by molar-refractivity contribution is -0.137. The number of fused-ring (bicyclic) bond motifs is 1. The third-order valence-electron chi connectivity index (χ3n) is 9.80. The van der Waals surface area contributed by atoms with Crippen LogP contribution in [-0.4, -0.2) is 39.0 Å². The molecular weight excluding hydrogens is 842 g/mol. The fourth-order valence-corrected chi connectivity index (χ4v) is 9.01. The van der Waals surface area contributed by atoms with Gasteiger partial charge < -0.3 is 10.2 Å². The molecule has 0 unspecified atom stereocenters.